The van der Waals surface area contributed by atoms with Gasteiger partial charge in [0, 0.05) is 6.04 Å². The Balaban J connectivity index is 1.64. The van der Waals surface area contributed by atoms with E-state index in [1.54, 1.807) is 24.3 Å². The molecule has 8 nitrogen and oxygen atoms in total. The van der Waals surface area contributed by atoms with Gasteiger partial charge in [-0.05, 0) is 44.0 Å². The molecule has 0 saturated carbocycles. The molecule has 2 aromatic heterocycles. The molecular formula is C23H26N6O2. The predicted molar refractivity (Wildman–Crippen MR) is 120 cm³/mol. The molecule has 0 unspecified atom stereocenters. The van der Waals surface area contributed by atoms with E-state index in [-0.39, 0.29) is 30.0 Å². The van der Waals surface area contributed by atoms with Gasteiger partial charge in [-0.1, -0.05) is 43.3 Å². The molecule has 1 amide bonds. The minimum Gasteiger partial charge on any atom is -0.347 e. The summed E-state index contributed by atoms with van der Waals surface area (Å²) >= 11 is 0. The third-order valence-electron chi connectivity index (χ3n) is 5.36. The summed E-state index contributed by atoms with van der Waals surface area (Å²) in [6.07, 6.45) is 0. The van der Waals surface area contributed by atoms with Crippen LogP contribution in [-0.4, -0.2) is 30.5 Å². The molecule has 160 valence electrons. The number of benzene rings is 2. The van der Waals surface area contributed by atoms with Crippen LogP contribution in [0.2, 0.25) is 0 Å². The van der Waals surface area contributed by atoms with E-state index in [9.17, 15) is 9.59 Å². The van der Waals surface area contributed by atoms with Gasteiger partial charge in [-0.2, -0.15) is 4.68 Å². The number of nitrogens with zero attached hydrogens (tertiary/aromatic N) is 5. The normalized spacial score (nSPS) is 12.7. The summed E-state index contributed by atoms with van der Waals surface area (Å²) in [6, 6.07) is 14.3. The summed E-state index contributed by atoms with van der Waals surface area (Å²) in [4.78, 5) is 30.8. The van der Waals surface area contributed by atoms with E-state index in [4.69, 9.17) is 4.98 Å². The molecular weight excluding hydrogens is 392 g/mol. The largest absolute Gasteiger partial charge is 0.347 e. The minimum atomic E-state index is -0.776. The van der Waals surface area contributed by atoms with Crippen molar-refractivity contribution >= 4 is 27.8 Å². The number of hydrogen-bond acceptors (Lipinski definition) is 5. The fourth-order valence-corrected chi connectivity index (χ4v) is 3.95. The van der Waals surface area contributed by atoms with Crippen molar-refractivity contribution in [3.8, 4) is 0 Å². The zero-order valence-corrected chi connectivity index (χ0v) is 18.1. The smallest absolute Gasteiger partial charge is 0.278 e. The molecule has 4 aromatic rings. The molecule has 0 bridgehead atoms. The van der Waals surface area contributed by atoms with E-state index in [0.717, 1.165) is 16.9 Å². The van der Waals surface area contributed by atoms with Crippen molar-refractivity contribution in [2.75, 3.05) is 0 Å². The average molecular weight is 419 g/mol. The van der Waals surface area contributed by atoms with Gasteiger partial charge in [-0.25, -0.2) is 4.98 Å². The number of carbonyl (C=O) groups excluding carboxylic acids is 1. The number of hydrogen-bond donors (Lipinski definition) is 1. The molecule has 1 N–H and O–H groups in total. The van der Waals surface area contributed by atoms with Gasteiger partial charge in [-0.15, -0.1) is 5.10 Å². The van der Waals surface area contributed by atoms with Gasteiger partial charge in [0.15, 0.2) is 0 Å². The van der Waals surface area contributed by atoms with Crippen molar-refractivity contribution in [2.45, 2.75) is 46.3 Å². The second kappa shape index (κ2) is 8.29. The van der Waals surface area contributed by atoms with Crippen molar-refractivity contribution in [2.24, 2.45) is 5.92 Å². The lowest BCUT2D eigenvalue weighted by atomic mass is 10.0. The van der Waals surface area contributed by atoms with Crippen LogP contribution < -0.4 is 10.9 Å². The SMILES string of the molecule is CC(C)[C@H](C(=O)NCc1nc2ccccc2n1C(C)C)n1nnc2ccccc2c1=O. The third-order valence-corrected chi connectivity index (χ3v) is 5.36. The zero-order chi connectivity index (χ0) is 22.1. The minimum absolute atomic E-state index is 0.155. The summed E-state index contributed by atoms with van der Waals surface area (Å²) in [6.45, 7) is 8.19. The molecule has 1 atom stereocenters. The summed E-state index contributed by atoms with van der Waals surface area (Å²) in [7, 11) is 0. The van der Waals surface area contributed by atoms with Crippen LogP contribution in [0, 0.1) is 5.92 Å². The van der Waals surface area contributed by atoms with Gasteiger partial charge >= 0.3 is 0 Å². The second-order valence-corrected chi connectivity index (χ2v) is 8.24. The standard InChI is InChI=1S/C23H26N6O2/c1-14(2)21(29-23(31)16-9-5-6-10-17(16)26-27-29)22(30)24-13-20-25-18-11-7-8-12-19(18)28(20)15(3)4/h5-12,14-15,21H,13H2,1-4H3,(H,24,30)/t21-/m1/s1. The maximum absolute atomic E-state index is 13.2. The number of imidazole rings is 1. The summed E-state index contributed by atoms with van der Waals surface area (Å²) in [5.74, 6) is 0.324. The highest BCUT2D eigenvalue weighted by atomic mass is 16.2. The quantitative estimate of drug-likeness (QED) is 0.519. The van der Waals surface area contributed by atoms with Gasteiger partial charge in [-0.3, -0.25) is 9.59 Å². The number of carbonyl (C=O) groups is 1. The number of amides is 1. The number of aromatic nitrogens is 5. The van der Waals surface area contributed by atoms with Gasteiger partial charge in [0.1, 0.15) is 17.4 Å². The summed E-state index contributed by atoms with van der Waals surface area (Å²) < 4.78 is 3.30. The van der Waals surface area contributed by atoms with Crippen molar-refractivity contribution < 1.29 is 4.79 Å². The van der Waals surface area contributed by atoms with Crippen molar-refractivity contribution in [3.63, 3.8) is 0 Å². The monoisotopic (exact) mass is 418 g/mol. The Labute approximate surface area is 179 Å². The molecule has 0 aliphatic carbocycles. The first kappa shape index (κ1) is 20.7. The number of para-hydroxylation sites is 2. The first-order chi connectivity index (χ1) is 14.9. The second-order valence-electron chi connectivity index (χ2n) is 8.24. The van der Waals surface area contributed by atoms with Crippen LogP contribution in [-0.2, 0) is 11.3 Å². The lowest BCUT2D eigenvalue weighted by Gasteiger charge is -2.21. The predicted octanol–water partition coefficient (Wildman–Crippen LogP) is 3.24. The van der Waals surface area contributed by atoms with Crippen LogP contribution in [0.4, 0.5) is 0 Å². The molecule has 0 aliphatic rings. The maximum atomic E-state index is 13.2. The summed E-state index contributed by atoms with van der Waals surface area (Å²) in [5.41, 5.74) is 2.10. The van der Waals surface area contributed by atoms with Crippen LogP contribution >= 0.6 is 0 Å². The van der Waals surface area contributed by atoms with Gasteiger partial charge < -0.3 is 9.88 Å². The highest BCUT2D eigenvalue weighted by molar-refractivity contribution is 5.82. The average Bonchev–Trinajstić information content (AvgIpc) is 3.13. The molecule has 0 radical (unpaired) electrons. The molecule has 0 saturated heterocycles. The Morgan fingerprint density at radius 2 is 1.68 bits per heavy atom. The van der Waals surface area contributed by atoms with Crippen LogP contribution in [0.15, 0.2) is 53.3 Å². The van der Waals surface area contributed by atoms with Gasteiger partial charge in [0.2, 0.25) is 5.91 Å². The highest BCUT2D eigenvalue weighted by Crippen LogP contribution is 2.21. The van der Waals surface area contributed by atoms with E-state index in [1.165, 1.54) is 4.68 Å². The third kappa shape index (κ3) is 3.81. The first-order valence-corrected chi connectivity index (χ1v) is 10.5. The number of fused-ring (bicyclic) bond motifs is 2. The van der Waals surface area contributed by atoms with E-state index in [0.29, 0.717) is 10.9 Å². The van der Waals surface area contributed by atoms with E-state index in [1.807, 2.05) is 38.1 Å². The molecule has 0 aliphatic heterocycles. The number of rotatable bonds is 6. The van der Waals surface area contributed by atoms with E-state index >= 15 is 0 Å². The molecule has 2 aromatic carbocycles. The Bertz CT molecular complexity index is 1300. The van der Waals surface area contributed by atoms with Crippen molar-refractivity contribution in [3.05, 3.63) is 64.7 Å². The highest BCUT2D eigenvalue weighted by Gasteiger charge is 2.27. The van der Waals surface area contributed by atoms with Crippen LogP contribution in [0.3, 0.4) is 0 Å². The van der Waals surface area contributed by atoms with Crippen LogP contribution in [0.25, 0.3) is 21.9 Å². The zero-order valence-electron chi connectivity index (χ0n) is 18.1. The van der Waals surface area contributed by atoms with Gasteiger partial charge in [0.05, 0.1) is 23.0 Å². The fraction of sp³-hybridized carbons (Fsp3) is 0.348. The number of nitrogens with one attached hydrogen (secondary N) is 1. The van der Waals surface area contributed by atoms with E-state index < -0.39 is 6.04 Å². The fourth-order valence-electron chi connectivity index (χ4n) is 3.95. The Morgan fingerprint density at radius 3 is 2.39 bits per heavy atom. The Morgan fingerprint density at radius 1 is 1.00 bits per heavy atom. The van der Waals surface area contributed by atoms with Gasteiger partial charge in [0.25, 0.3) is 5.56 Å². The Kier molecular flexibility index (Phi) is 5.54. The Hall–Kier alpha value is -3.55. The van der Waals surface area contributed by atoms with E-state index in [2.05, 4.69) is 34.0 Å². The maximum Gasteiger partial charge on any atom is 0.278 e. The molecule has 0 fully saturated rings. The lowest BCUT2D eigenvalue weighted by molar-refractivity contribution is -0.126. The molecule has 8 heteroatoms. The van der Waals surface area contributed by atoms with Crippen molar-refractivity contribution in [1.82, 2.24) is 29.9 Å². The van der Waals surface area contributed by atoms with Crippen molar-refractivity contribution in [1.29, 1.82) is 0 Å². The molecule has 31 heavy (non-hydrogen) atoms. The molecule has 4 rings (SSSR count). The molecule has 2 heterocycles. The molecule has 0 spiro atoms. The topological polar surface area (TPSA) is 94.7 Å². The van der Waals surface area contributed by atoms with Crippen LogP contribution in [0.5, 0.6) is 0 Å². The summed E-state index contributed by atoms with van der Waals surface area (Å²) in [5, 5.41) is 11.6. The first-order valence-electron chi connectivity index (χ1n) is 10.5. The van der Waals surface area contributed by atoms with Crippen LogP contribution in [0.1, 0.15) is 45.6 Å². The lowest BCUT2D eigenvalue weighted by Crippen LogP contribution is -2.41.